The Morgan fingerprint density at radius 1 is 1.28 bits per heavy atom. The highest BCUT2D eigenvalue weighted by Gasteiger charge is 2.23. The highest BCUT2D eigenvalue weighted by molar-refractivity contribution is 5.89. The van der Waals surface area contributed by atoms with Gasteiger partial charge >= 0.3 is 0 Å². The number of methoxy groups -OCH3 is 1. The minimum absolute atomic E-state index is 0.168. The molecule has 0 spiro atoms. The maximum atomic E-state index is 13.0. The van der Waals surface area contributed by atoms with E-state index in [1.54, 1.807) is 25.3 Å². The van der Waals surface area contributed by atoms with Gasteiger partial charge in [0.15, 0.2) is 5.52 Å². The number of fused-ring (bicyclic) bond motifs is 1. The number of aromatic amines is 1. The number of benzene rings is 1. The highest BCUT2D eigenvalue weighted by Crippen LogP contribution is 2.33. The molecule has 0 bridgehead atoms. The Kier molecular flexibility index (Phi) is 5.08. The van der Waals surface area contributed by atoms with E-state index in [-0.39, 0.29) is 17.5 Å². The molecule has 2 aromatic heterocycles. The van der Waals surface area contributed by atoms with Gasteiger partial charge in [0.1, 0.15) is 17.1 Å². The molecule has 1 aromatic carbocycles. The molecule has 1 fully saturated rings. The van der Waals surface area contributed by atoms with Gasteiger partial charge in [-0.1, -0.05) is 19.3 Å². The summed E-state index contributed by atoms with van der Waals surface area (Å²) in [5.74, 6) is 0.759. The van der Waals surface area contributed by atoms with Gasteiger partial charge in [0, 0.05) is 18.7 Å². The highest BCUT2D eigenvalue weighted by atomic mass is 16.5. The molecule has 1 aliphatic rings. The van der Waals surface area contributed by atoms with E-state index in [1.165, 1.54) is 13.3 Å². The number of carbonyl (C=O) groups is 1. The van der Waals surface area contributed by atoms with Crippen molar-refractivity contribution in [3.05, 3.63) is 34.2 Å². The second-order valence-corrected chi connectivity index (χ2v) is 7.53. The predicted molar refractivity (Wildman–Crippen MR) is 111 cm³/mol. The molecule has 1 saturated carbocycles. The third kappa shape index (κ3) is 3.62. The summed E-state index contributed by atoms with van der Waals surface area (Å²) in [6, 6.07) is 5.48. The maximum Gasteiger partial charge on any atom is 0.277 e. The summed E-state index contributed by atoms with van der Waals surface area (Å²) in [5.41, 5.74) is 2.94. The molecule has 2 heterocycles. The summed E-state index contributed by atoms with van der Waals surface area (Å²) in [6.07, 6.45) is 5.63. The molecule has 4 rings (SSSR count). The van der Waals surface area contributed by atoms with Gasteiger partial charge in [0.25, 0.3) is 5.56 Å². The molecule has 29 heavy (non-hydrogen) atoms. The van der Waals surface area contributed by atoms with Crippen molar-refractivity contribution in [1.29, 1.82) is 0 Å². The standard InChI is InChI=1S/C21H25N5O3/c1-12-18-19(26(25-12)15-7-5-4-6-8-15)21(28)24-20(23-18)16-10-9-14(22-13(2)27)11-17(16)29-3/h9-11,15H,4-8H2,1-3H3,(H,22,27)(H,23,24,28). The Labute approximate surface area is 168 Å². The summed E-state index contributed by atoms with van der Waals surface area (Å²) < 4.78 is 7.34. The van der Waals surface area contributed by atoms with Gasteiger partial charge in [-0.25, -0.2) is 4.98 Å². The van der Waals surface area contributed by atoms with Crippen molar-refractivity contribution in [1.82, 2.24) is 19.7 Å². The lowest BCUT2D eigenvalue weighted by molar-refractivity contribution is -0.114. The van der Waals surface area contributed by atoms with E-state index in [4.69, 9.17) is 9.72 Å². The molecule has 152 valence electrons. The second kappa shape index (κ2) is 7.69. The van der Waals surface area contributed by atoms with Gasteiger partial charge in [-0.15, -0.1) is 0 Å². The number of rotatable bonds is 4. The van der Waals surface area contributed by atoms with Crippen molar-refractivity contribution in [2.45, 2.75) is 52.0 Å². The molecular formula is C21H25N5O3. The first-order valence-corrected chi connectivity index (χ1v) is 9.93. The lowest BCUT2D eigenvalue weighted by Crippen LogP contribution is -2.19. The van der Waals surface area contributed by atoms with Crippen molar-refractivity contribution >= 4 is 22.6 Å². The van der Waals surface area contributed by atoms with Gasteiger partial charge in [-0.2, -0.15) is 5.10 Å². The maximum absolute atomic E-state index is 13.0. The average Bonchev–Trinajstić information content (AvgIpc) is 3.05. The van der Waals surface area contributed by atoms with Crippen molar-refractivity contribution in [2.24, 2.45) is 0 Å². The minimum atomic E-state index is -0.204. The zero-order valence-corrected chi connectivity index (χ0v) is 16.9. The lowest BCUT2D eigenvalue weighted by atomic mass is 9.95. The summed E-state index contributed by atoms with van der Waals surface area (Å²) in [7, 11) is 1.54. The Morgan fingerprint density at radius 2 is 2.03 bits per heavy atom. The van der Waals surface area contributed by atoms with Gasteiger partial charge in [0.05, 0.1) is 24.4 Å². The van der Waals surface area contributed by atoms with Gasteiger partial charge in [-0.05, 0) is 31.9 Å². The molecule has 8 nitrogen and oxygen atoms in total. The molecular weight excluding hydrogens is 370 g/mol. The third-order valence-electron chi connectivity index (χ3n) is 5.42. The van der Waals surface area contributed by atoms with Crippen LogP contribution in [0.25, 0.3) is 22.4 Å². The largest absolute Gasteiger partial charge is 0.496 e. The van der Waals surface area contributed by atoms with Crippen molar-refractivity contribution in [2.75, 3.05) is 12.4 Å². The molecule has 0 atom stereocenters. The van der Waals surface area contributed by atoms with Crippen molar-refractivity contribution in [3.8, 4) is 17.1 Å². The third-order valence-corrected chi connectivity index (χ3v) is 5.42. The van der Waals surface area contributed by atoms with Crippen LogP contribution in [0.3, 0.4) is 0 Å². The predicted octanol–water partition coefficient (Wildman–Crippen LogP) is 3.57. The van der Waals surface area contributed by atoms with Crippen LogP contribution < -0.4 is 15.6 Å². The molecule has 2 N–H and O–H groups in total. The topological polar surface area (TPSA) is 102 Å². The van der Waals surface area contributed by atoms with Crippen LogP contribution in [0.15, 0.2) is 23.0 Å². The summed E-state index contributed by atoms with van der Waals surface area (Å²) in [6.45, 7) is 3.33. The number of aryl methyl sites for hydroxylation is 1. The first-order valence-electron chi connectivity index (χ1n) is 9.93. The number of hydrogen-bond donors (Lipinski definition) is 2. The number of aromatic nitrogens is 4. The normalized spacial score (nSPS) is 14.9. The summed E-state index contributed by atoms with van der Waals surface area (Å²) in [5, 5.41) is 7.38. The number of hydrogen-bond acceptors (Lipinski definition) is 5. The smallest absolute Gasteiger partial charge is 0.277 e. The average molecular weight is 395 g/mol. The van der Waals surface area contributed by atoms with E-state index in [2.05, 4.69) is 15.4 Å². The monoisotopic (exact) mass is 395 g/mol. The summed E-state index contributed by atoms with van der Waals surface area (Å²) in [4.78, 5) is 31.9. The number of anilines is 1. The fourth-order valence-electron chi connectivity index (χ4n) is 4.08. The SMILES string of the molecule is COc1cc(NC(C)=O)ccc1-c1nc2c(C)nn(C3CCCCC3)c2c(=O)[nH]1. The van der Waals surface area contributed by atoms with Crippen LogP contribution in [0.1, 0.15) is 50.8 Å². The second-order valence-electron chi connectivity index (χ2n) is 7.53. The summed E-state index contributed by atoms with van der Waals surface area (Å²) >= 11 is 0. The molecule has 0 aliphatic heterocycles. The number of nitrogens with one attached hydrogen (secondary N) is 2. The van der Waals surface area contributed by atoms with Gasteiger partial charge in [0.2, 0.25) is 5.91 Å². The van der Waals surface area contributed by atoms with Crippen LogP contribution in [-0.4, -0.2) is 32.8 Å². The van der Waals surface area contributed by atoms with E-state index < -0.39 is 0 Å². The van der Waals surface area contributed by atoms with Crippen LogP contribution in [0.2, 0.25) is 0 Å². The Hall–Kier alpha value is -3.16. The van der Waals surface area contributed by atoms with E-state index in [9.17, 15) is 9.59 Å². The molecule has 0 unspecified atom stereocenters. The Bertz CT molecular complexity index is 1130. The van der Waals surface area contributed by atoms with E-state index in [0.29, 0.717) is 33.9 Å². The zero-order chi connectivity index (χ0) is 20.5. The molecule has 8 heteroatoms. The van der Waals surface area contributed by atoms with E-state index in [0.717, 1.165) is 31.4 Å². The first-order chi connectivity index (χ1) is 14.0. The quantitative estimate of drug-likeness (QED) is 0.703. The van der Waals surface area contributed by atoms with Crippen LogP contribution in [-0.2, 0) is 4.79 Å². The van der Waals surface area contributed by atoms with Crippen LogP contribution >= 0.6 is 0 Å². The van der Waals surface area contributed by atoms with Crippen LogP contribution in [0.4, 0.5) is 5.69 Å². The zero-order valence-electron chi connectivity index (χ0n) is 16.9. The molecule has 1 amide bonds. The lowest BCUT2D eigenvalue weighted by Gasteiger charge is -2.22. The molecule has 3 aromatic rings. The molecule has 1 aliphatic carbocycles. The van der Waals surface area contributed by atoms with Crippen molar-refractivity contribution in [3.63, 3.8) is 0 Å². The minimum Gasteiger partial charge on any atom is -0.496 e. The van der Waals surface area contributed by atoms with E-state index >= 15 is 0 Å². The molecule has 0 radical (unpaired) electrons. The van der Waals surface area contributed by atoms with E-state index in [1.807, 2.05) is 11.6 Å². The number of amides is 1. The van der Waals surface area contributed by atoms with Crippen molar-refractivity contribution < 1.29 is 9.53 Å². The number of H-pyrrole nitrogens is 1. The number of ether oxygens (including phenoxy) is 1. The Balaban J connectivity index is 1.81. The van der Waals surface area contributed by atoms with Crippen LogP contribution in [0.5, 0.6) is 5.75 Å². The fourth-order valence-corrected chi connectivity index (χ4v) is 4.08. The van der Waals surface area contributed by atoms with Gasteiger partial charge in [-0.3, -0.25) is 14.3 Å². The number of carbonyl (C=O) groups excluding carboxylic acids is 1. The molecule has 0 saturated heterocycles. The van der Waals surface area contributed by atoms with Crippen LogP contribution in [0, 0.1) is 6.92 Å². The fraction of sp³-hybridized carbons (Fsp3) is 0.429. The first kappa shape index (κ1) is 19.2. The number of nitrogens with zero attached hydrogens (tertiary/aromatic N) is 3. The Morgan fingerprint density at radius 3 is 2.72 bits per heavy atom. The van der Waals surface area contributed by atoms with Gasteiger partial charge < -0.3 is 15.0 Å².